The van der Waals surface area contributed by atoms with Crippen LogP contribution in [0.2, 0.25) is 0 Å². The second-order valence-electron chi connectivity index (χ2n) is 7.90. The quantitative estimate of drug-likeness (QED) is 0.359. The maximum absolute atomic E-state index is 12.6. The Morgan fingerprint density at radius 3 is 2.48 bits per heavy atom. The van der Waals surface area contributed by atoms with Crippen molar-refractivity contribution in [2.45, 2.75) is 19.6 Å². The first-order valence-electron chi connectivity index (χ1n) is 10.4. The summed E-state index contributed by atoms with van der Waals surface area (Å²) >= 11 is 0. The highest BCUT2D eigenvalue weighted by Gasteiger charge is 2.34. The largest absolute Gasteiger partial charge is 0.489 e. The zero-order chi connectivity index (χ0) is 24.0. The molecule has 3 N–H and O–H groups in total. The van der Waals surface area contributed by atoms with Crippen molar-refractivity contribution >= 4 is 21.8 Å². The number of nitrogens with zero attached hydrogens (tertiary/aromatic N) is 2. The lowest BCUT2D eigenvalue weighted by molar-refractivity contribution is -0.134. The van der Waals surface area contributed by atoms with Crippen LogP contribution in [0.25, 0.3) is 0 Å². The van der Waals surface area contributed by atoms with E-state index in [0.717, 1.165) is 17.4 Å². The predicted octanol–water partition coefficient (Wildman–Crippen LogP) is 0.713. The third kappa shape index (κ3) is 6.75. The topological polar surface area (TPSA) is 128 Å². The number of rotatable bonds is 9. The second kappa shape index (κ2) is 10.8. The van der Waals surface area contributed by atoms with Crippen molar-refractivity contribution in [3.8, 4) is 5.75 Å². The van der Waals surface area contributed by atoms with E-state index in [0.29, 0.717) is 24.5 Å². The standard InChI is InChI=1S/C22H28N4O6S/c1-16-4-3-5-17(12-16)14-32-19-8-6-18(7-9-19)21(27)23-13-20(22(28)24-29)25-10-11-26(15-25)33(2,30)31/h3-9,12,20,29H,10-11,13-15H2,1-2H3,(H,23,27)(H,24,28). The molecule has 1 fully saturated rings. The van der Waals surface area contributed by atoms with Crippen LogP contribution in [0.3, 0.4) is 0 Å². The number of carbonyl (C=O) groups excluding carboxylic acids is 2. The van der Waals surface area contributed by atoms with Crippen molar-refractivity contribution < 1.29 is 28.0 Å². The van der Waals surface area contributed by atoms with E-state index in [9.17, 15) is 18.0 Å². The van der Waals surface area contributed by atoms with E-state index in [-0.39, 0.29) is 19.8 Å². The summed E-state index contributed by atoms with van der Waals surface area (Å²) in [6.07, 6.45) is 1.09. The minimum absolute atomic E-state index is 0.000233. The van der Waals surface area contributed by atoms with E-state index >= 15 is 0 Å². The number of benzene rings is 2. The Kier molecular flexibility index (Phi) is 8.03. The summed E-state index contributed by atoms with van der Waals surface area (Å²) in [5.74, 6) is -0.524. The zero-order valence-electron chi connectivity index (χ0n) is 18.5. The summed E-state index contributed by atoms with van der Waals surface area (Å²) in [6.45, 7) is 2.84. The molecule has 33 heavy (non-hydrogen) atoms. The molecule has 3 rings (SSSR count). The van der Waals surface area contributed by atoms with Crippen molar-refractivity contribution in [3.05, 3.63) is 65.2 Å². The Morgan fingerprint density at radius 2 is 1.88 bits per heavy atom. The number of hydrogen-bond donors (Lipinski definition) is 3. The minimum Gasteiger partial charge on any atom is -0.489 e. The van der Waals surface area contributed by atoms with Crippen LogP contribution in [-0.4, -0.2) is 73.2 Å². The Morgan fingerprint density at radius 1 is 1.15 bits per heavy atom. The number of carbonyl (C=O) groups is 2. The van der Waals surface area contributed by atoms with Crippen LogP contribution < -0.4 is 15.5 Å². The van der Waals surface area contributed by atoms with Gasteiger partial charge >= 0.3 is 0 Å². The average molecular weight is 477 g/mol. The molecule has 10 nitrogen and oxygen atoms in total. The first-order chi connectivity index (χ1) is 15.7. The Balaban J connectivity index is 1.56. The lowest BCUT2D eigenvalue weighted by Crippen LogP contribution is -2.52. The number of aryl methyl sites for hydroxylation is 1. The molecule has 1 atom stereocenters. The van der Waals surface area contributed by atoms with Crippen molar-refractivity contribution in [1.29, 1.82) is 0 Å². The van der Waals surface area contributed by atoms with Gasteiger partial charge in [-0.3, -0.25) is 19.7 Å². The molecule has 1 aliphatic rings. The lowest BCUT2D eigenvalue weighted by atomic mass is 10.1. The molecule has 2 aromatic rings. The zero-order valence-corrected chi connectivity index (χ0v) is 19.3. The van der Waals surface area contributed by atoms with Gasteiger partial charge in [0.2, 0.25) is 10.0 Å². The normalized spacial score (nSPS) is 15.7. The van der Waals surface area contributed by atoms with Gasteiger partial charge in [-0.2, -0.15) is 4.31 Å². The highest BCUT2D eigenvalue weighted by Crippen LogP contribution is 2.16. The van der Waals surface area contributed by atoms with E-state index in [4.69, 9.17) is 9.94 Å². The maximum Gasteiger partial charge on any atom is 0.262 e. The predicted molar refractivity (Wildman–Crippen MR) is 121 cm³/mol. The number of ether oxygens (including phenoxy) is 1. The summed E-state index contributed by atoms with van der Waals surface area (Å²) in [6, 6.07) is 13.7. The van der Waals surface area contributed by atoms with Crippen molar-refractivity contribution in [2.24, 2.45) is 0 Å². The highest BCUT2D eigenvalue weighted by atomic mass is 32.2. The van der Waals surface area contributed by atoms with Crippen molar-refractivity contribution in [2.75, 3.05) is 32.6 Å². The fraction of sp³-hybridized carbons (Fsp3) is 0.364. The smallest absolute Gasteiger partial charge is 0.262 e. The molecule has 11 heteroatoms. The number of hydroxylamine groups is 1. The third-order valence-corrected chi connectivity index (χ3v) is 6.60. The van der Waals surface area contributed by atoms with Crippen LogP contribution in [-0.2, 0) is 21.4 Å². The SMILES string of the molecule is Cc1cccc(COc2ccc(C(=O)NCC(C(=O)NO)N3CCN(S(C)(=O)=O)C3)cc2)c1. The fourth-order valence-corrected chi connectivity index (χ4v) is 4.31. The molecule has 1 unspecified atom stereocenters. The number of nitrogens with one attached hydrogen (secondary N) is 2. The first-order valence-corrected chi connectivity index (χ1v) is 12.2. The summed E-state index contributed by atoms with van der Waals surface area (Å²) in [5, 5.41) is 11.7. The fourth-order valence-electron chi connectivity index (χ4n) is 3.53. The summed E-state index contributed by atoms with van der Waals surface area (Å²) in [5.41, 5.74) is 4.15. The molecule has 0 spiro atoms. The molecule has 0 saturated carbocycles. The second-order valence-corrected chi connectivity index (χ2v) is 9.88. The van der Waals surface area contributed by atoms with E-state index in [2.05, 4.69) is 5.32 Å². The van der Waals surface area contributed by atoms with Gasteiger partial charge in [0.15, 0.2) is 0 Å². The molecule has 0 bridgehead atoms. The minimum atomic E-state index is -3.41. The molecule has 178 valence electrons. The van der Waals surface area contributed by atoms with Gasteiger partial charge in [0.05, 0.1) is 12.9 Å². The third-order valence-electron chi connectivity index (χ3n) is 5.36. The molecule has 0 aromatic heterocycles. The van der Waals surface area contributed by atoms with Gasteiger partial charge in [-0.05, 0) is 36.8 Å². The van der Waals surface area contributed by atoms with Crippen molar-refractivity contribution in [3.63, 3.8) is 0 Å². The van der Waals surface area contributed by atoms with Gasteiger partial charge < -0.3 is 10.1 Å². The molecule has 1 aliphatic heterocycles. The molecular formula is C22H28N4O6S. The van der Waals surface area contributed by atoms with Crippen LogP contribution in [0, 0.1) is 6.92 Å². The molecule has 0 aliphatic carbocycles. The Bertz CT molecular complexity index is 1090. The van der Waals surface area contributed by atoms with Crippen molar-refractivity contribution in [1.82, 2.24) is 20.0 Å². The number of hydrogen-bond acceptors (Lipinski definition) is 7. The van der Waals surface area contributed by atoms with Gasteiger partial charge in [-0.25, -0.2) is 13.9 Å². The van der Waals surface area contributed by atoms with E-state index in [1.165, 1.54) is 4.31 Å². The van der Waals surface area contributed by atoms with E-state index in [1.54, 1.807) is 34.6 Å². The summed E-state index contributed by atoms with van der Waals surface area (Å²) in [4.78, 5) is 26.3. The lowest BCUT2D eigenvalue weighted by Gasteiger charge is -2.25. The van der Waals surface area contributed by atoms with Crippen LogP contribution in [0.4, 0.5) is 0 Å². The Hall–Kier alpha value is -2.99. The monoisotopic (exact) mass is 476 g/mol. The van der Waals surface area contributed by atoms with Crippen LogP contribution in [0.15, 0.2) is 48.5 Å². The molecular weight excluding hydrogens is 448 g/mol. The Labute approximate surface area is 193 Å². The van der Waals surface area contributed by atoms with E-state index in [1.807, 2.05) is 31.2 Å². The van der Waals surface area contributed by atoms with Crippen LogP contribution >= 0.6 is 0 Å². The summed E-state index contributed by atoms with van der Waals surface area (Å²) in [7, 11) is -3.41. The van der Waals surface area contributed by atoms with Gasteiger partial charge in [0.1, 0.15) is 18.4 Å². The van der Waals surface area contributed by atoms with Crippen LogP contribution in [0.1, 0.15) is 21.5 Å². The molecule has 0 radical (unpaired) electrons. The molecule has 1 heterocycles. The maximum atomic E-state index is 12.6. The number of amides is 2. The van der Waals surface area contributed by atoms with Gasteiger partial charge in [-0.15, -0.1) is 0 Å². The van der Waals surface area contributed by atoms with E-state index < -0.39 is 27.9 Å². The first kappa shape index (κ1) is 24.6. The number of sulfonamides is 1. The molecule has 1 saturated heterocycles. The molecule has 2 amide bonds. The average Bonchev–Trinajstić information content (AvgIpc) is 3.28. The van der Waals surface area contributed by atoms with Gasteiger partial charge in [0.25, 0.3) is 11.8 Å². The van der Waals surface area contributed by atoms with Crippen LogP contribution in [0.5, 0.6) is 5.75 Å². The molecule has 2 aromatic carbocycles. The highest BCUT2D eigenvalue weighted by molar-refractivity contribution is 7.88. The van der Waals surface area contributed by atoms with Gasteiger partial charge in [0, 0.05) is 25.2 Å². The summed E-state index contributed by atoms with van der Waals surface area (Å²) < 4.78 is 30.4. The van der Waals surface area contributed by atoms with Gasteiger partial charge in [-0.1, -0.05) is 29.8 Å².